The Morgan fingerprint density at radius 2 is 2.38 bits per heavy atom. The Bertz CT molecular complexity index is 245. The van der Waals surface area contributed by atoms with Crippen molar-refractivity contribution in [3.05, 3.63) is 0 Å². The Labute approximate surface area is 85.2 Å². The van der Waals surface area contributed by atoms with E-state index < -0.39 is 9.73 Å². The second kappa shape index (κ2) is 5.22. The van der Waals surface area contributed by atoms with E-state index >= 15 is 0 Å². The quantitative estimate of drug-likeness (QED) is 0.768. The largest absolute Gasteiger partial charge is 0.312 e. The van der Waals surface area contributed by atoms with Gasteiger partial charge in [-0.1, -0.05) is 0 Å². The van der Waals surface area contributed by atoms with Crippen molar-refractivity contribution in [3.8, 4) is 0 Å². The zero-order valence-corrected chi connectivity index (χ0v) is 9.92. The lowest BCUT2D eigenvalue weighted by atomic mass is 10.2. The fourth-order valence-corrected chi connectivity index (χ4v) is 2.78. The molecule has 3 nitrogen and oxygen atoms in total. The lowest BCUT2D eigenvalue weighted by Gasteiger charge is -2.22. The van der Waals surface area contributed by atoms with Gasteiger partial charge in [-0.3, -0.25) is 4.21 Å². The second-order valence-electron chi connectivity index (χ2n) is 3.55. The first kappa shape index (κ1) is 11.3. The zero-order valence-electron chi connectivity index (χ0n) is 8.28. The van der Waals surface area contributed by atoms with Crippen LogP contribution < -0.4 is 5.32 Å². The zero-order chi connectivity index (χ0) is 9.73. The summed E-state index contributed by atoms with van der Waals surface area (Å²) >= 11 is 1.99. The van der Waals surface area contributed by atoms with Crippen LogP contribution in [0, 0.1) is 0 Å². The first-order valence-corrected chi connectivity index (χ1v) is 8.00. The monoisotopic (exact) mass is 222 g/mol. The highest BCUT2D eigenvalue weighted by molar-refractivity contribution is 7.99. The molecule has 1 saturated heterocycles. The van der Waals surface area contributed by atoms with Gasteiger partial charge < -0.3 is 5.32 Å². The Morgan fingerprint density at radius 3 is 2.92 bits per heavy atom. The van der Waals surface area contributed by atoms with Crippen LogP contribution in [0.1, 0.15) is 6.42 Å². The molecule has 1 unspecified atom stereocenters. The van der Waals surface area contributed by atoms with Crippen molar-refractivity contribution in [2.45, 2.75) is 12.5 Å². The van der Waals surface area contributed by atoms with E-state index in [0.29, 0.717) is 6.04 Å². The maximum absolute atomic E-state index is 11.2. The Morgan fingerprint density at radius 1 is 1.62 bits per heavy atom. The maximum atomic E-state index is 11.2. The van der Waals surface area contributed by atoms with Gasteiger partial charge in [0.15, 0.2) is 0 Å². The average Bonchev–Trinajstić information content (AvgIpc) is 2.04. The number of nitrogens with zero attached hydrogens (tertiary/aromatic N) is 1. The normalized spacial score (nSPS) is 24.3. The minimum absolute atomic E-state index is 0.573. The molecule has 1 aliphatic heterocycles. The fourth-order valence-electron chi connectivity index (χ4n) is 1.23. The summed E-state index contributed by atoms with van der Waals surface area (Å²) < 4.78 is 15.4. The second-order valence-corrected chi connectivity index (χ2v) is 7.32. The highest BCUT2D eigenvalue weighted by Gasteiger charge is 2.11. The van der Waals surface area contributed by atoms with E-state index in [-0.39, 0.29) is 0 Å². The van der Waals surface area contributed by atoms with Crippen LogP contribution in [0.2, 0.25) is 0 Å². The van der Waals surface area contributed by atoms with E-state index in [1.165, 1.54) is 11.5 Å². The molecule has 1 fully saturated rings. The molecule has 0 amide bonds. The van der Waals surface area contributed by atoms with Crippen LogP contribution in [0.3, 0.4) is 0 Å². The third-order valence-corrected chi connectivity index (χ3v) is 3.81. The molecule has 1 N–H and O–H groups in total. The highest BCUT2D eigenvalue weighted by atomic mass is 32.2. The van der Waals surface area contributed by atoms with Crippen LogP contribution in [-0.4, -0.2) is 47.4 Å². The van der Waals surface area contributed by atoms with Gasteiger partial charge in [0.2, 0.25) is 0 Å². The van der Waals surface area contributed by atoms with Gasteiger partial charge in [-0.25, -0.2) is 4.36 Å². The standard InChI is InChI=1S/C8H18N2OS2/c1-13(2,11)10-4-3-8-7-12-6-5-9-8/h8-9H,3-7H2,1-2H3. The predicted octanol–water partition coefficient (Wildman–Crippen LogP) is 0.809. The molecule has 0 saturated carbocycles. The third kappa shape index (κ3) is 5.54. The SMILES string of the molecule is CS(C)(=O)=NCCC1CSCCN1. The van der Waals surface area contributed by atoms with Crippen molar-refractivity contribution < 1.29 is 4.21 Å². The molecule has 1 aliphatic rings. The Balaban J connectivity index is 2.22. The van der Waals surface area contributed by atoms with Crippen molar-refractivity contribution in [1.29, 1.82) is 0 Å². The molecule has 1 atom stereocenters. The number of thioether (sulfide) groups is 1. The van der Waals surface area contributed by atoms with E-state index in [2.05, 4.69) is 9.68 Å². The van der Waals surface area contributed by atoms with Gasteiger partial charge in [-0.15, -0.1) is 0 Å². The van der Waals surface area contributed by atoms with Gasteiger partial charge in [0.1, 0.15) is 0 Å². The average molecular weight is 222 g/mol. The lowest BCUT2D eigenvalue weighted by Crippen LogP contribution is -2.37. The summed E-state index contributed by atoms with van der Waals surface area (Å²) in [6.45, 7) is 1.83. The number of nitrogens with one attached hydrogen (secondary N) is 1. The smallest absolute Gasteiger partial charge is 0.0499 e. The summed E-state index contributed by atoms with van der Waals surface area (Å²) in [6.07, 6.45) is 4.40. The Kier molecular flexibility index (Phi) is 4.55. The molecule has 0 aromatic rings. The molecule has 78 valence electrons. The third-order valence-electron chi connectivity index (χ3n) is 1.88. The van der Waals surface area contributed by atoms with Crippen LogP contribution in [0.25, 0.3) is 0 Å². The van der Waals surface area contributed by atoms with Crippen LogP contribution in [0.5, 0.6) is 0 Å². The van der Waals surface area contributed by atoms with Crippen LogP contribution in [0.15, 0.2) is 4.36 Å². The molecule has 1 heterocycles. The van der Waals surface area contributed by atoms with E-state index in [1.807, 2.05) is 11.8 Å². The van der Waals surface area contributed by atoms with Gasteiger partial charge in [0.25, 0.3) is 0 Å². The van der Waals surface area contributed by atoms with Gasteiger partial charge in [-0.05, 0) is 6.42 Å². The van der Waals surface area contributed by atoms with E-state index in [4.69, 9.17) is 0 Å². The maximum Gasteiger partial charge on any atom is 0.0499 e. The fraction of sp³-hybridized carbons (Fsp3) is 1.00. The van der Waals surface area contributed by atoms with Gasteiger partial charge in [-0.2, -0.15) is 11.8 Å². The van der Waals surface area contributed by atoms with Gasteiger partial charge in [0.05, 0.1) is 0 Å². The molecular formula is C8H18N2OS2. The summed E-state index contributed by atoms with van der Waals surface area (Å²) in [7, 11) is -1.88. The number of rotatable bonds is 3. The molecule has 5 heteroatoms. The van der Waals surface area contributed by atoms with Crippen molar-refractivity contribution in [1.82, 2.24) is 5.32 Å². The predicted molar refractivity (Wildman–Crippen MR) is 61.0 cm³/mol. The van der Waals surface area contributed by atoms with Crippen LogP contribution >= 0.6 is 11.8 Å². The summed E-state index contributed by atoms with van der Waals surface area (Å²) in [5.74, 6) is 2.39. The van der Waals surface area contributed by atoms with Crippen molar-refractivity contribution in [2.24, 2.45) is 4.36 Å². The molecular weight excluding hydrogens is 204 g/mol. The molecule has 0 aliphatic carbocycles. The minimum atomic E-state index is -1.88. The topological polar surface area (TPSA) is 41.5 Å². The summed E-state index contributed by atoms with van der Waals surface area (Å²) in [4.78, 5) is 0. The number of hydrogen-bond acceptors (Lipinski definition) is 4. The van der Waals surface area contributed by atoms with E-state index in [0.717, 1.165) is 19.5 Å². The molecule has 1 rings (SSSR count). The summed E-state index contributed by atoms with van der Waals surface area (Å²) in [6, 6.07) is 0.573. The van der Waals surface area contributed by atoms with Crippen LogP contribution in [0.4, 0.5) is 0 Å². The molecule has 0 radical (unpaired) electrons. The molecule has 0 spiro atoms. The molecule has 13 heavy (non-hydrogen) atoms. The summed E-state index contributed by atoms with van der Waals surface area (Å²) in [5.41, 5.74) is 0. The first-order valence-electron chi connectivity index (χ1n) is 4.52. The lowest BCUT2D eigenvalue weighted by molar-refractivity contribution is 0.536. The van der Waals surface area contributed by atoms with E-state index in [9.17, 15) is 4.21 Å². The van der Waals surface area contributed by atoms with Gasteiger partial charge >= 0.3 is 0 Å². The summed E-state index contributed by atoms with van der Waals surface area (Å²) in [5, 5.41) is 3.43. The first-order chi connectivity index (χ1) is 6.08. The molecule has 0 bridgehead atoms. The van der Waals surface area contributed by atoms with E-state index in [1.54, 1.807) is 12.5 Å². The molecule has 0 aromatic carbocycles. The molecule has 0 aromatic heterocycles. The number of hydrogen-bond donors (Lipinski definition) is 1. The van der Waals surface area contributed by atoms with Gasteiger partial charge in [0, 0.05) is 52.9 Å². The van der Waals surface area contributed by atoms with Crippen molar-refractivity contribution in [2.75, 3.05) is 37.1 Å². The van der Waals surface area contributed by atoms with Crippen LogP contribution in [-0.2, 0) is 9.73 Å². The highest BCUT2D eigenvalue weighted by Crippen LogP contribution is 2.10. The van der Waals surface area contributed by atoms with Crippen molar-refractivity contribution >= 4 is 21.5 Å². The minimum Gasteiger partial charge on any atom is -0.312 e. The van der Waals surface area contributed by atoms with Crippen molar-refractivity contribution in [3.63, 3.8) is 0 Å². The Hall–Kier alpha value is 0.260.